The Hall–Kier alpha value is -3.18. The van der Waals surface area contributed by atoms with E-state index in [0.29, 0.717) is 19.0 Å². The predicted molar refractivity (Wildman–Crippen MR) is 107 cm³/mol. The van der Waals surface area contributed by atoms with Gasteiger partial charge in [-0.3, -0.25) is 4.79 Å². The van der Waals surface area contributed by atoms with Crippen LogP contribution in [-0.2, 0) is 17.9 Å². The number of benzene rings is 2. The standard InChI is InChI=1S/C22H23N3O2/c1-16-6-3-4-8-21(16)27-22-19(7-5-13-24-22)15-23-14-18-9-11-20(12-10-18)25-17(2)26/h3-13,23H,14-15H2,1-2H3,(H,25,26). The number of para-hydroxylation sites is 1. The van der Waals surface area contributed by atoms with Gasteiger partial charge in [-0.05, 0) is 42.3 Å². The first-order chi connectivity index (χ1) is 13.1. The third kappa shape index (κ3) is 5.39. The lowest BCUT2D eigenvalue weighted by Crippen LogP contribution is -2.14. The van der Waals surface area contributed by atoms with E-state index in [9.17, 15) is 4.79 Å². The SMILES string of the molecule is CC(=O)Nc1ccc(CNCc2cccnc2Oc2ccccc2C)cc1. The van der Waals surface area contributed by atoms with Crippen molar-refractivity contribution in [3.05, 3.63) is 83.6 Å². The molecule has 0 aliphatic rings. The Kier molecular flexibility index (Phi) is 6.18. The number of carbonyl (C=O) groups excluding carboxylic acids is 1. The van der Waals surface area contributed by atoms with Crippen molar-refractivity contribution in [2.75, 3.05) is 5.32 Å². The molecule has 0 bridgehead atoms. The minimum atomic E-state index is -0.0707. The molecule has 0 unspecified atom stereocenters. The Bertz CT molecular complexity index is 907. The number of aryl methyl sites for hydroxylation is 1. The Labute approximate surface area is 159 Å². The first-order valence-electron chi connectivity index (χ1n) is 8.86. The Balaban J connectivity index is 1.60. The maximum absolute atomic E-state index is 11.1. The molecule has 138 valence electrons. The van der Waals surface area contributed by atoms with Gasteiger partial charge in [-0.1, -0.05) is 36.4 Å². The van der Waals surface area contributed by atoms with Crippen LogP contribution in [0, 0.1) is 6.92 Å². The number of amides is 1. The molecule has 2 aromatic carbocycles. The molecule has 0 fully saturated rings. The fourth-order valence-electron chi connectivity index (χ4n) is 2.68. The molecule has 0 aliphatic heterocycles. The van der Waals surface area contributed by atoms with Gasteiger partial charge < -0.3 is 15.4 Å². The summed E-state index contributed by atoms with van der Waals surface area (Å²) in [5.74, 6) is 1.35. The molecular formula is C22H23N3O2. The zero-order valence-electron chi connectivity index (χ0n) is 15.5. The first-order valence-corrected chi connectivity index (χ1v) is 8.86. The molecule has 0 radical (unpaired) electrons. The normalized spacial score (nSPS) is 10.4. The molecule has 1 amide bonds. The van der Waals surface area contributed by atoms with Crippen LogP contribution in [0.3, 0.4) is 0 Å². The average Bonchev–Trinajstić information content (AvgIpc) is 2.66. The molecule has 0 aliphatic carbocycles. The zero-order chi connectivity index (χ0) is 19.1. The molecule has 5 heteroatoms. The number of pyridine rings is 1. The second-order valence-electron chi connectivity index (χ2n) is 6.32. The minimum absolute atomic E-state index is 0.0707. The molecular weight excluding hydrogens is 338 g/mol. The number of nitrogens with zero attached hydrogens (tertiary/aromatic N) is 1. The highest BCUT2D eigenvalue weighted by atomic mass is 16.5. The Morgan fingerprint density at radius 1 is 1.00 bits per heavy atom. The molecule has 3 rings (SSSR count). The largest absolute Gasteiger partial charge is 0.438 e. The highest BCUT2D eigenvalue weighted by Crippen LogP contribution is 2.25. The predicted octanol–water partition coefficient (Wildman–Crippen LogP) is 4.43. The van der Waals surface area contributed by atoms with E-state index in [0.717, 1.165) is 28.1 Å². The van der Waals surface area contributed by atoms with E-state index in [1.54, 1.807) is 6.20 Å². The fourth-order valence-corrected chi connectivity index (χ4v) is 2.68. The number of hydrogen-bond donors (Lipinski definition) is 2. The first kappa shape index (κ1) is 18.6. The summed E-state index contributed by atoms with van der Waals surface area (Å²) < 4.78 is 6.00. The number of nitrogens with one attached hydrogen (secondary N) is 2. The van der Waals surface area contributed by atoms with Crippen molar-refractivity contribution < 1.29 is 9.53 Å². The van der Waals surface area contributed by atoms with E-state index in [-0.39, 0.29) is 5.91 Å². The van der Waals surface area contributed by atoms with Gasteiger partial charge in [0.1, 0.15) is 5.75 Å². The van der Waals surface area contributed by atoms with E-state index in [1.165, 1.54) is 6.92 Å². The van der Waals surface area contributed by atoms with Gasteiger partial charge in [0.25, 0.3) is 0 Å². The fraction of sp³-hybridized carbons (Fsp3) is 0.182. The van der Waals surface area contributed by atoms with E-state index in [4.69, 9.17) is 4.74 Å². The highest BCUT2D eigenvalue weighted by molar-refractivity contribution is 5.88. The third-order valence-corrected chi connectivity index (χ3v) is 4.07. The summed E-state index contributed by atoms with van der Waals surface area (Å²) in [6.07, 6.45) is 1.73. The van der Waals surface area contributed by atoms with Gasteiger partial charge >= 0.3 is 0 Å². The lowest BCUT2D eigenvalue weighted by Gasteiger charge is -2.12. The Morgan fingerprint density at radius 2 is 1.78 bits per heavy atom. The van der Waals surface area contributed by atoms with Crippen LogP contribution >= 0.6 is 0 Å². The molecule has 0 saturated carbocycles. The summed E-state index contributed by atoms with van der Waals surface area (Å²) in [5.41, 5.74) is 4.00. The van der Waals surface area contributed by atoms with Crippen LogP contribution in [0.5, 0.6) is 11.6 Å². The second kappa shape index (κ2) is 8.96. The van der Waals surface area contributed by atoms with Gasteiger partial charge in [0.15, 0.2) is 0 Å². The molecule has 0 spiro atoms. The topological polar surface area (TPSA) is 63.2 Å². The number of ether oxygens (including phenoxy) is 1. The maximum atomic E-state index is 11.1. The lowest BCUT2D eigenvalue weighted by molar-refractivity contribution is -0.114. The second-order valence-corrected chi connectivity index (χ2v) is 6.32. The van der Waals surface area contributed by atoms with E-state index in [1.807, 2.05) is 67.6 Å². The number of anilines is 1. The average molecular weight is 361 g/mol. The number of hydrogen-bond acceptors (Lipinski definition) is 4. The quantitative estimate of drug-likeness (QED) is 0.653. The van der Waals surface area contributed by atoms with Gasteiger partial charge in [-0.15, -0.1) is 0 Å². The molecule has 0 atom stereocenters. The minimum Gasteiger partial charge on any atom is -0.438 e. The third-order valence-electron chi connectivity index (χ3n) is 4.07. The van der Waals surface area contributed by atoms with Gasteiger partial charge in [-0.2, -0.15) is 0 Å². The molecule has 5 nitrogen and oxygen atoms in total. The Morgan fingerprint density at radius 3 is 2.52 bits per heavy atom. The van der Waals surface area contributed by atoms with Crippen LogP contribution in [-0.4, -0.2) is 10.9 Å². The number of rotatable bonds is 7. The van der Waals surface area contributed by atoms with Crippen LogP contribution in [0.25, 0.3) is 0 Å². The van der Waals surface area contributed by atoms with Crippen molar-refractivity contribution >= 4 is 11.6 Å². The van der Waals surface area contributed by atoms with Gasteiger partial charge in [0, 0.05) is 37.5 Å². The van der Waals surface area contributed by atoms with Crippen LogP contribution < -0.4 is 15.4 Å². The number of carbonyl (C=O) groups is 1. The van der Waals surface area contributed by atoms with Crippen molar-refractivity contribution in [2.24, 2.45) is 0 Å². The van der Waals surface area contributed by atoms with Crippen molar-refractivity contribution in [1.82, 2.24) is 10.3 Å². The van der Waals surface area contributed by atoms with E-state index >= 15 is 0 Å². The molecule has 2 N–H and O–H groups in total. The summed E-state index contributed by atoms with van der Waals surface area (Å²) in [6, 6.07) is 19.6. The molecule has 3 aromatic rings. The van der Waals surface area contributed by atoms with Gasteiger partial charge in [0.2, 0.25) is 11.8 Å². The van der Waals surface area contributed by atoms with Crippen LogP contribution in [0.15, 0.2) is 66.9 Å². The van der Waals surface area contributed by atoms with Crippen LogP contribution in [0.1, 0.15) is 23.6 Å². The van der Waals surface area contributed by atoms with Gasteiger partial charge in [0.05, 0.1) is 0 Å². The molecule has 27 heavy (non-hydrogen) atoms. The highest BCUT2D eigenvalue weighted by Gasteiger charge is 2.07. The number of aromatic nitrogens is 1. The van der Waals surface area contributed by atoms with E-state index in [2.05, 4.69) is 15.6 Å². The van der Waals surface area contributed by atoms with Crippen molar-refractivity contribution in [3.8, 4) is 11.6 Å². The van der Waals surface area contributed by atoms with Crippen LogP contribution in [0.4, 0.5) is 5.69 Å². The zero-order valence-corrected chi connectivity index (χ0v) is 15.5. The molecule has 0 saturated heterocycles. The summed E-state index contributed by atoms with van der Waals surface area (Å²) in [4.78, 5) is 15.4. The van der Waals surface area contributed by atoms with Gasteiger partial charge in [-0.25, -0.2) is 4.98 Å². The summed E-state index contributed by atoms with van der Waals surface area (Å²) in [6.45, 7) is 4.86. The summed E-state index contributed by atoms with van der Waals surface area (Å²) in [7, 11) is 0. The lowest BCUT2D eigenvalue weighted by atomic mass is 10.2. The van der Waals surface area contributed by atoms with Crippen molar-refractivity contribution in [2.45, 2.75) is 26.9 Å². The molecule has 1 heterocycles. The van der Waals surface area contributed by atoms with E-state index < -0.39 is 0 Å². The van der Waals surface area contributed by atoms with Crippen LogP contribution in [0.2, 0.25) is 0 Å². The monoisotopic (exact) mass is 361 g/mol. The summed E-state index contributed by atoms with van der Waals surface area (Å²) in [5, 5.41) is 6.18. The van der Waals surface area contributed by atoms with Crippen molar-refractivity contribution in [3.63, 3.8) is 0 Å². The maximum Gasteiger partial charge on any atom is 0.223 e. The smallest absolute Gasteiger partial charge is 0.223 e. The molecule has 1 aromatic heterocycles. The van der Waals surface area contributed by atoms with Crippen molar-refractivity contribution in [1.29, 1.82) is 0 Å². The summed E-state index contributed by atoms with van der Waals surface area (Å²) >= 11 is 0.